The van der Waals surface area contributed by atoms with E-state index in [-0.39, 0.29) is 5.97 Å². The predicted molar refractivity (Wildman–Crippen MR) is 364 cm³/mol. The molecule has 5 heterocycles. The smallest absolute Gasteiger partial charge is 0.341 e. The second kappa shape index (κ2) is 24.5. The monoisotopic (exact) mass is 1200 g/mol. The van der Waals surface area contributed by atoms with Crippen molar-refractivity contribution in [2.45, 2.75) is 90.9 Å². The van der Waals surface area contributed by atoms with Gasteiger partial charge in [-0.15, -0.1) is 0 Å². The summed E-state index contributed by atoms with van der Waals surface area (Å²) in [6, 6.07) is 76.4. The van der Waals surface area contributed by atoms with Crippen LogP contribution in [0.1, 0.15) is 126 Å². The molecule has 3 aliphatic rings. The molecule has 11 heteroatoms. The van der Waals surface area contributed by atoms with Crippen LogP contribution in [0.15, 0.2) is 231 Å². The van der Waals surface area contributed by atoms with Gasteiger partial charge in [-0.1, -0.05) is 136 Å². The topological polar surface area (TPSA) is 98.6 Å². The van der Waals surface area contributed by atoms with Gasteiger partial charge in [-0.2, -0.15) is 0 Å². The maximum absolute atomic E-state index is 14.4. The van der Waals surface area contributed by atoms with E-state index >= 15 is 0 Å². The highest BCUT2D eigenvalue weighted by atomic mass is 16.6. The van der Waals surface area contributed by atoms with Crippen LogP contribution in [0.2, 0.25) is 0 Å². The Kier molecular flexibility index (Phi) is 15.7. The number of carbonyl (C=O) groups excluding carboxylic acids is 2. The van der Waals surface area contributed by atoms with Crippen LogP contribution >= 0.6 is 0 Å². The third kappa shape index (κ3) is 10.0. The minimum absolute atomic E-state index is 0.386. The molecule has 0 fully saturated rings. The molecule has 11 nitrogen and oxygen atoms in total. The maximum Gasteiger partial charge on any atom is 0.341 e. The van der Waals surface area contributed by atoms with Crippen molar-refractivity contribution in [2.24, 2.45) is 0 Å². The summed E-state index contributed by atoms with van der Waals surface area (Å²) in [6.45, 7) is 13.6. The molecule has 91 heavy (non-hydrogen) atoms. The first kappa shape index (κ1) is 58.3. The van der Waals surface area contributed by atoms with Crippen LogP contribution in [0, 0.1) is 6.92 Å². The van der Waals surface area contributed by atoms with Crippen molar-refractivity contribution in [3.05, 3.63) is 281 Å². The molecule has 2 unspecified atom stereocenters. The molecule has 0 amide bonds. The van der Waals surface area contributed by atoms with Gasteiger partial charge in [-0.05, 0) is 154 Å². The van der Waals surface area contributed by atoms with Crippen LogP contribution < -0.4 is 24.2 Å². The predicted octanol–water partition coefficient (Wildman–Crippen LogP) is 19.6. The number of cyclic esters (lactones) is 1. The van der Waals surface area contributed by atoms with E-state index in [1.165, 1.54) is 25.7 Å². The third-order valence-corrected chi connectivity index (χ3v) is 18.5. The molecule has 3 aliphatic heterocycles. The summed E-state index contributed by atoms with van der Waals surface area (Å²) in [4.78, 5) is 40.3. The Bertz CT molecular complexity index is 4470. The van der Waals surface area contributed by atoms with Crippen molar-refractivity contribution < 1.29 is 28.5 Å². The molecule has 0 N–H and O–H groups in total. The average Bonchev–Trinajstić information content (AvgIpc) is 1.60. The lowest BCUT2D eigenvalue weighted by Crippen LogP contribution is -2.33. The number of aryl methyl sites for hydroxylation is 1. The molecular weight excluding hydrogens is 1130 g/mol. The van der Waals surface area contributed by atoms with Crippen LogP contribution in [-0.4, -0.2) is 41.2 Å². The van der Waals surface area contributed by atoms with Gasteiger partial charge in [-0.3, -0.25) is 4.98 Å². The van der Waals surface area contributed by atoms with Crippen LogP contribution in [0.25, 0.3) is 22.0 Å². The van der Waals surface area contributed by atoms with Crippen molar-refractivity contribution in [1.29, 1.82) is 0 Å². The second-order valence-electron chi connectivity index (χ2n) is 23.7. The normalized spacial score (nSPS) is 15.9. The van der Waals surface area contributed by atoms with Crippen molar-refractivity contribution in [1.82, 2.24) is 9.55 Å². The lowest BCUT2D eigenvalue weighted by atomic mass is 9.77. The summed E-state index contributed by atoms with van der Waals surface area (Å²) in [5.74, 6) is 1.01. The highest BCUT2D eigenvalue weighted by Crippen LogP contribution is 2.59. The number of unbranched alkanes of at least 4 members (excludes halogenated alkanes) is 5. The number of hydrogen-bond acceptors (Lipinski definition) is 10. The Hall–Kier alpha value is -10.4. The van der Waals surface area contributed by atoms with Crippen LogP contribution in [0.5, 0.6) is 17.2 Å². The second-order valence-corrected chi connectivity index (χ2v) is 23.7. The average molecular weight is 1200 g/mol. The first-order valence-electron chi connectivity index (χ1n) is 32.2. The summed E-state index contributed by atoms with van der Waals surface area (Å²) in [5, 5.41) is 0.983. The van der Waals surface area contributed by atoms with Gasteiger partial charge in [-0.25, -0.2) is 9.59 Å². The first-order valence-corrected chi connectivity index (χ1v) is 32.2. The number of para-hydroxylation sites is 3. The number of esters is 2. The lowest BCUT2D eigenvalue weighted by Gasteiger charge is -2.38. The molecule has 0 aliphatic carbocycles. The Balaban J connectivity index is 0.876. The van der Waals surface area contributed by atoms with Crippen LogP contribution in [0.3, 0.4) is 0 Å². The van der Waals surface area contributed by atoms with Crippen LogP contribution in [-0.2, 0) is 27.2 Å². The number of fused-ring (bicyclic) bond motifs is 8. The SMILES string of the molecule is CCCCCCCCn1c(C)c(C2(c3ccc(N(CC)CC)cc3OCC)OC(=O)c3cccnc32)c2ccc(-c3ccc(N(c4ccccc4)c4ccc5c(c4)Oc4cc(N(c6ccccc6)c6ccccc6)ccc4C54OC(=O)c5ccccc54)cc3)cc21. The molecular formula is C80H73N5O6. The van der Waals surface area contributed by atoms with Crippen molar-refractivity contribution >= 4 is 62.7 Å². The Morgan fingerprint density at radius 3 is 1.63 bits per heavy atom. The number of hydrogen-bond donors (Lipinski definition) is 0. The van der Waals surface area contributed by atoms with E-state index in [1.54, 1.807) is 12.3 Å². The molecule has 0 bridgehead atoms. The molecule has 11 aromatic rings. The summed E-state index contributed by atoms with van der Waals surface area (Å²) in [6.07, 6.45) is 8.67. The van der Waals surface area contributed by atoms with Crippen molar-refractivity contribution in [2.75, 3.05) is 34.4 Å². The Morgan fingerprint density at radius 1 is 0.473 bits per heavy atom. The molecule has 454 valence electrons. The molecule has 2 aromatic heterocycles. The largest absolute Gasteiger partial charge is 0.493 e. The van der Waals surface area contributed by atoms with Crippen molar-refractivity contribution in [3.8, 4) is 28.4 Å². The van der Waals surface area contributed by atoms with E-state index in [0.29, 0.717) is 40.7 Å². The fraction of sp³-hybridized carbons (Fsp3) is 0.212. The minimum Gasteiger partial charge on any atom is -0.493 e. The van der Waals surface area contributed by atoms with Gasteiger partial charge in [0.1, 0.15) is 22.9 Å². The third-order valence-electron chi connectivity index (χ3n) is 18.5. The molecule has 0 saturated carbocycles. The van der Waals surface area contributed by atoms with E-state index in [1.807, 2.05) is 85.8 Å². The summed E-state index contributed by atoms with van der Waals surface area (Å²) in [7, 11) is 0. The zero-order chi connectivity index (χ0) is 62.2. The van der Waals surface area contributed by atoms with Gasteiger partial charge >= 0.3 is 11.9 Å². The van der Waals surface area contributed by atoms with Gasteiger partial charge in [0, 0.05) is 128 Å². The summed E-state index contributed by atoms with van der Waals surface area (Å²) < 4.78 is 29.8. The number of carbonyl (C=O) groups is 2. The number of nitrogens with zero attached hydrogens (tertiary/aromatic N) is 5. The fourth-order valence-corrected chi connectivity index (χ4v) is 14.2. The Labute approximate surface area is 532 Å². The quantitative estimate of drug-likeness (QED) is 0.0511. The molecule has 2 atom stereocenters. The summed E-state index contributed by atoms with van der Waals surface area (Å²) >= 11 is 0. The van der Waals surface area contributed by atoms with E-state index in [2.05, 4.69) is 186 Å². The number of ether oxygens (including phenoxy) is 4. The zero-order valence-corrected chi connectivity index (χ0v) is 52.2. The number of pyridine rings is 1. The van der Waals surface area contributed by atoms with Crippen LogP contribution in [0.4, 0.5) is 39.8 Å². The number of anilines is 7. The highest BCUT2D eigenvalue weighted by molar-refractivity contribution is 6.00. The van der Waals surface area contributed by atoms with Gasteiger partial charge in [0.15, 0.2) is 5.60 Å². The molecule has 1 spiro atoms. The minimum atomic E-state index is -1.41. The van der Waals surface area contributed by atoms with Gasteiger partial charge in [0.05, 0.1) is 17.7 Å². The fourth-order valence-electron chi connectivity index (χ4n) is 14.2. The number of rotatable bonds is 21. The van der Waals surface area contributed by atoms with Gasteiger partial charge < -0.3 is 38.2 Å². The molecule has 9 aromatic carbocycles. The van der Waals surface area contributed by atoms with Gasteiger partial charge in [0.2, 0.25) is 5.60 Å². The Morgan fingerprint density at radius 2 is 1.00 bits per heavy atom. The number of aromatic nitrogens is 2. The molecule has 0 radical (unpaired) electrons. The molecule has 14 rings (SSSR count). The van der Waals surface area contributed by atoms with Gasteiger partial charge in [0.25, 0.3) is 0 Å². The lowest BCUT2D eigenvalue weighted by molar-refractivity contribution is 0.0219. The van der Waals surface area contributed by atoms with E-state index in [9.17, 15) is 9.59 Å². The van der Waals surface area contributed by atoms with E-state index in [4.69, 9.17) is 23.9 Å². The standard InChI is InChI=1S/C80H73N5O6/c1-6-10-11-12-13-25-49-83-54(5)75(80(76-66(78(87)91-80)34-26-48-81-76)68-45-41-61(82(7-2)8-3)51-72(68)88-9-4)65-44-38-56(50-71(65)83)55-36-39-60(40-37-55)85(59-31-21-16-22-32-59)63-43-47-70-74(53-63)89-73-52-62(84(57-27-17-14-18-28-57)58-29-19-15-20-30-58)42-46-69(73)79(70)67-35-24-23-33-64(67)77(86)90-79/h14-24,26-48,50-53H,6-13,25,49H2,1-5H3. The zero-order valence-electron chi connectivity index (χ0n) is 52.2. The maximum atomic E-state index is 14.4. The van der Waals surface area contributed by atoms with E-state index < -0.39 is 17.2 Å². The number of benzene rings is 9. The molecule has 0 saturated heterocycles. The highest BCUT2D eigenvalue weighted by Gasteiger charge is 2.55. The van der Waals surface area contributed by atoms with Crippen molar-refractivity contribution in [3.63, 3.8) is 0 Å². The first-order chi connectivity index (χ1) is 44.7. The summed E-state index contributed by atoms with van der Waals surface area (Å²) in [5.41, 5.74) is 13.5. The van der Waals surface area contributed by atoms with E-state index in [0.717, 1.165) is 128 Å².